The van der Waals surface area contributed by atoms with Crippen molar-refractivity contribution < 1.29 is 14.7 Å². The largest absolute Gasteiger partial charge is 0.477 e. The van der Waals surface area contributed by atoms with Crippen molar-refractivity contribution in [1.29, 1.82) is 0 Å². The number of aryl methyl sites for hydroxylation is 1. The van der Waals surface area contributed by atoms with Crippen molar-refractivity contribution in [2.24, 2.45) is 0 Å². The van der Waals surface area contributed by atoms with Crippen molar-refractivity contribution >= 4 is 34.0 Å². The van der Waals surface area contributed by atoms with Crippen LogP contribution in [0.3, 0.4) is 0 Å². The lowest BCUT2D eigenvalue weighted by Gasteiger charge is -2.06. The Morgan fingerprint density at radius 1 is 1.31 bits per heavy atom. The number of amides is 1. The fourth-order valence-electron chi connectivity index (χ4n) is 2.50. The molecule has 0 fully saturated rings. The van der Waals surface area contributed by atoms with E-state index in [-0.39, 0.29) is 22.9 Å². The predicted molar refractivity (Wildman–Crippen MR) is 96.5 cm³/mol. The number of carbonyl (C=O) groups is 2. The van der Waals surface area contributed by atoms with Crippen LogP contribution in [0.25, 0.3) is 10.8 Å². The van der Waals surface area contributed by atoms with E-state index in [1.807, 2.05) is 6.07 Å². The van der Waals surface area contributed by atoms with E-state index in [4.69, 9.17) is 5.11 Å². The number of benzene rings is 1. The average Bonchev–Trinajstić information content (AvgIpc) is 2.98. The lowest BCUT2D eigenvalue weighted by molar-refractivity contribution is -0.121. The number of carbonyl (C=O) groups excluding carboxylic acids is 1. The van der Waals surface area contributed by atoms with Crippen LogP contribution in [-0.2, 0) is 17.8 Å². The van der Waals surface area contributed by atoms with Crippen molar-refractivity contribution in [3.8, 4) is 0 Å². The maximum absolute atomic E-state index is 12.3. The van der Waals surface area contributed by atoms with E-state index < -0.39 is 5.97 Å². The van der Waals surface area contributed by atoms with Crippen LogP contribution in [0, 0.1) is 6.92 Å². The van der Waals surface area contributed by atoms with Gasteiger partial charge in [0.1, 0.15) is 11.4 Å². The van der Waals surface area contributed by atoms with Gasteiger partial charge in [-0.3, -0.25) is 9.59 Å². The van der Waals surface area contributed by atoms with Crippen LogP contribution in [-0.4, -0.2) is 38.3 Å². The molecule has 0 spiro atoms. The van der Waals surface area contributed by atoms with E-state index in [0.29, 0.717) is 29.1 Å². The summed E-state index contributed by atoms with van der Waals surface area (Å²) in [6, 6.07) is 7.06. The standard InChI is InChI=1S/C17H16N4O4S/c1-10-15(17(24)25)26-14(20-10)6-7-18-13(22)9-21-16(23)12-5-3-2-4-11(12)8-19-21/h2-5,8H,6-7,9H2,1H3,(H,18,22)(H,24,25). The van der Waals surface area contributed by atoms with Crippen LogP contribution in [0.1, 0.15) is 20.4 Å². The molecule has 26 heavy (non-hydrogen) atoms. The molecule has 2 aromatic heterocycles. The van der Waals surface area contributed by atoms with Crippen molar-refractivity contribution in [2.75, 3.05) is 6.54 Å². The Morgan fingerprint density at radius 3 is 2.81 bits per heavy atom. The maximum Gasteiger partial charge on any atom is 0.347 e. The summed E-state index contributed by atoms with van der Waals surface area (Å²) < 4.78 is 1.12. The molecule has 0 atom stereocenters. The number of rotatable bonds is 6. The molecule has 0 saturated heterocycles. The normalized spacial score (nSPS) is 10.8. The Hall–Kier alpha value is -3.07. The molecule has 8 nitrogen and oxygen atoms in total. The molecule has 134 valence electrons. The van der Waals surface area contributed by atoms with Gasteiger partial charge in [-0.15, -0.1) is 11.3 Å². The van der Waals surface area contributed by atoms with E-state index in [1.165, 1.54) is 0 Å². The summed E-state index contributed by atoms with van der Waals surface area (Å²) >= 11 is 1.10. The van der Waals surface area contributed by atoms with Crippen LogP contribution in [0.2, 0.25) is 0 Å². The van der Waals surface area contributed by atoms with Crippen molar-refractivity contribution in [1.82, 2.24) is 20.1 Å². The molecule has 0 saturated carbocycles. The van der Waals surface area contributed by atoms with E-state index in [9.17, 15) is 14.4 Å². The molecule has 3 aromatic rings. The molecule has 0 bridgehead atoms. The maximum atomic E-state index is 12.3. The first-order chi connectivity index (χ1) is 12.5. The molecule has 0 radical (unpaired) electrons. The third-order valence-corrected chi connectivity index (χ3v) is 4.96. The highest BCUT2D eigenvalue weighted by atomic mass is 32.1. The van der Waals surface area contributed by atoms with Gasteiger partial charge in [0.05, 0.1) is 22.3 Å². The zero-order chi connectivity index (χ0) is 18.7. The number of carboxylic acids is 1. The van der Waals surface area contributed by atoms with Gasteiger partial charge in [0, 0.05) is 18.4 Å². The molecule has 3 rings (SSSR count). The van der Waals surface area contributed by atoms with Crippen molar-refractivity contribution in [3.05, 3.63) is 56.4 Å². The second-order valence-electron chi connectivity index (χ2n) is 5.62. The van der Waals surface area contributed by atoms with Crippen LogP contribution in [0.4, 0.5) is 0 Å². The highest BCUT2D eigenvalue weighted by Crippen LogP contribution is 2.18. The molecule has 0 aliphatic heterocycles. The van der Waals surface area contributed by atoms with E-state index >= 15 is 0 Å². The van der Waals surface area contributed by atoms with Gasteiger partial charge < -0.3 is 10.4 Å². The number of hydrogen-bond acceptors (Lipinski definition) is 6. The van der Waals surface area contributed by atoms with Gasteiger partial charge in [-0.2, -0.15) is 5.10 Å². The smallest absolute Gasteiger partial charge is 0.347 e. The first kappa shape index (κ1) is 17.7. The topological polar surface area (TPSA) is 114 Å². The lowest BCUT2D eigenvalue weighted by Crippen LogP contribution is -2.34. The molecule has 1 amide bonds. The quantitative estimate of drug-likeness (QED) is 0.672. The molecule has 9 heteroatoms. The van der Waals surface area contributed by atoms with Gasteiger partial charge in [0.15, 0.2) is 0 Å². The number of aromatic nitrogens is 3. The van der Waals surface area contributed by atoms with E-state index in [0.717, 1.165) is 21.4 Å². The fourth-order valence-corrected chi connectivity index (χ4v) is 3.40. The predicted octanol–water partition coefficient (Wildman–Crippen LogP) is 1.22. The highest BCUT2D eigenvalue weighted by molar-refractivity contribution is 7.13. The SMILES string of the molecule is Cc1nc(CCNC(=O)Cn2ncc3ccccc3c2=O)sc1C(=O)O. The lowest BCUT2D eigenvalue weighted by atomic mass is 10.2. The molecule has 2 heterocycles. The summed E-state index contributed by atoms with van der Waals surface area (Å²) in [7, 11) is 0. The average molecular weight is 372 g/mol. The third-order valence-electron chi connectivity index (χ3n) is 3.75. The first-order valence-electron chi connectivity index (χ1n) is 7.87. The summed E-state index contributed by atoms with van der Waals surface area (Å²) in [6.07, 6.45) is 1.97. The van der Waals surface area contributed by atoms with Crippen LogP contribution in [0.15, 0.2) is 35.3 Å². The fraction of sp³-hybridized carbons (Fsp3) is 0.235. The second-order valence-corrected chi connectivity index (χ2v) is 6.71. The van der Waals surface area contributed by atoms with E-state index in [2.05, 4.69) is 15.4 Å². The summed E-state index contributed by atoms with van der Waals surface area (Å²) in [4.78, 5) is 39.8. The Labute approximate surface area is 152 Å². The first-order valence-corrected chi connectivity index (χ1v) is 8.68. The third kappa shape index (κ3) is 3.77. The van der Waals surface area contributed by atoms with E-state index in [1.54, 1.807) is 31.3 Å². The number of hydrogen-bond donors (Lipinski definition) is 2. The van der Waals surface area contributed by atoms with Gasteiger partial charge in [0.25, 0.3) is 5.56 Å². The number of aromatic carboxylic acids is 1. The summed E-state index contributed by atoms with van der Waals surface area (Å²) in [6.45, 7) is 1.76. The van der Waals surface area contributed by atoms with Crippen LogP contribution < -0.4 is 10.9 Å². The molecule has 0 aliphatic rings. The minimum absolute atomic E-state index is 0.180. The Morgan fingerprint density at radius 2 is 2.08 bits per heavy atom. The van der Waals surface area contributed by atoms with Crippen LogP contribution >= 0.6 is 11.3 Å². The van der Waals surface area contributed by atoms with Gasteiger partial charge in [-0.05, 0) is 13.0 Å². The Kier molecular flexibility index (Phi) is 5.08. The number of nitrogens with one attached hydrogen (secondary N) is 1. The van der Waals surface area contributed by atoms with Gasteiger partial charge in [-0.1, -0.05) is 18.2 Å². The highest BCUT2D eigenvalue weighted by Gasteiger charge is 2.14. The van der Waals surface area contributed by atoms with Crippen LogP contribution in [0.5, 0.6) is 0 Å². The van der Waals surface area contributed by atoms with Crippen molar-refractivity contribution in [3.63, 3.8) is 0 Å². The molecule has 1 aromatic carbocycles. The summed E-state index contributed by atoms with van der Waals surface area (Å²) in [5, 5.41) is 17.6. The molecular weight excluding hydrogens is 356 g/mol. The van der Waals surface area contributed by atoms with Gasteiger partial charge in [0.2, 0.25) is 5.91 Å². The zero-order valence-electron chi connectivity index (χ0n) is 13.9. The minimum atomic E-state index is -1.00. The number of carboxylic acid groups (broad SMARTS) is 1. The molecule has 0 aliphatic carbocycles. The molecule has 2 N–H and O–H groups in total. The number of thiazole rings is 1. The minimum Gasteiger partial charge on any atom is -0.477 e. The number of fused-ring (bicyclic) bond motifs is 1. The summed E-state index contributed by atoms with van der Waals surface area (Å²) in [5.74, 6) is -1.35. The van der Waals surface area contributed by atoms with Crippen molar-refractivity contribution in [2.45, 2.75) is 19.9 Å². The second kappa shape index (κ2) is 7.44. The number of nitrogens with zero attached hydrogens (tertiary/aromatic N) is 3. The van der Waals surface area contributed by atoms with Gasteiger partial charge in [-0.25, -0.2) is 14.5 Å². The van der Waals surface area contributed by atoms with Gasteiger partial charge >= 0.3 is 5.97 Å². The Balaban J connectivity index is 1.59. The molecular formula is C17H16N4O4S. The monoisotopic (exact) mass is 372 g/mol. The summed E-state index contributed by atoms with van der Waals surface area (Å²) in [5.41, 5.74) is 0.149. The molecule has 0 unspecified atom stereocenters. The zero-order valence-corrected chi connectivity index (χ0v) is 14.7. The Bertz CT molecular complexity index is 1040.